The Labute approximate surface area is 116 Å². The Bertz CT molecular complexity index is 806. The molecule has 0 fully saturated rings. The van der Waals surface area contributed by atoms with Crippen LogP contribution in [0.4, 0.5) is 0 Å². The zero-order valence-electron chi connectivity index (χ0n) is 9.95. The summed E-state index contributed by atoms with van der Waals surface area (Å²) in [6.07, 6.45) is 2.51. The van der Waals surface area contributed by atoms with Crippen LogP contribution in [0.3, 0.4) is 0 Å². The Morgan fingerprint density at radius 3 is 2.80 bits per heavy atom. The molecule has 0 spiro atoms. The summed E-state index contributed by atoms with van der Waals surface area (Å²) < 4.78 is 1.49. The second-order valence-corrected chi connectivity index (χ2v) is 4.73. The van der Waals surface area contributed by atoms with Gasteiger partial charge in [-0.05, 0) is 11.6 Å². The van der Waals surface area contributed by atoms with E-state index in [1.165, 1.54) is 28.3 Å². The van der Waals surface area contributed by atoms with Crippen LogP contribution >= 0.6 is 11.3 Å². The molecule has 2 N–H and O–H groups in total. The lowest BCUT2D eigenvalue weighted by molar-refractivity contribution is 0.321. The smallest absolute Gasteiger partial charge is 0.235 e. The van der Waals surface area contributed by atoms with Gasteiger partial charge in [-0.3, -0.25) is 0 Å². The van der Waals surface area contributed by atoms with E-state index in [9.17, 15) is 0 Å². The van der Waals surface area contributed by atoms with Crippen LogP contribution in [0.5, 0.6) is 0 Å². The van der Waals surface area contributed by atoms with E-state index < -0.39 is 0 Å². The van der Waals surface area contributed by atoms with E-state index in [4.69, 9.17) is 10.4 Å². The number of fused-ring (bicyclic) bond motifs is 1. The van der Waals surface area contributed by atoms with Crippen LogP contribution in [0.25, 0.3) is 15.5 Å². The summed E-state index contributed by atoms with van der Waals surface area (Å²) in [7, 11) is 0. The summed E-state index contributed by atoms with van der Waals surface area (Å²) in [5.74, 6) is 0.345. The van der Waals surface area contributed by atoms with Crippen molar-refractivity contribution in [3.63, 3.8) is 0 Å². The summed E-state index contributed by atoms with van der Waals surface area (Å²) in [6.45, 7) is 0. The van der Waals surface area contributed by atoms with Gasteiger partial charge in [-0.25, -0.2) is 0 Å². The topological polar surface area (TPSA) is 108 Å². The van der Waals surface area contributed by atoms with Crippen molar-refractivity contribution in [2.45, 2.75) is 0 Å². The lowest BCUT2D eigenvalue weighted by Crippen LogP contribution is -1.94. The van der Waals surface area contributed by atoms with E-state index in [1.807, 2.05) is 24.3 Å². The van der Waals surface area contributed by atoms with E-state index in [1.54, 1.807) is 0 Å². The highest BCUT2D eigenvalue weighted by Crippen LogP contribution is 2.25. The van der Waals surface area contributed by atoms with Crippen LogP contribution in [0, 0.1) is 0 Å². The lowest BCUT2D eigenvalue weighted by atomic mass is 10.1. The van der Waals surface area contributed by atoms with Crippen molar-refractivity contribution in [3.05, 3.63) is 35.7 Å². The fourth-order valence-electron chi connectivity index (χ4n) is 1.70. The maximum Gasteiger partial charge on any atom is 0.235 e. The summed E-state index contributed by atoms with van der Waals surface area (Å²) in [5.41, 5.74) is 1.62. The molecular weight excluding hydrogens is 280 g/mol. The molecule has 0 unspecified atom stereocenters. The number of oxime groups is 2. The standard InChI is InChI=1S/C11H8N6O2S/c18-12-5-7-2-1-3-8(4-7)10-16-17-9(6-13-19)14-15-11(17)20-10/h1-6,18-19H/b12-5-,13-6-. The lowest BCUT2D eigenvalue weighted by Gasteiger charge is -1.96. The summed E-state index contributed by atoms with van der Waals surface area (Å²) >= 11 is 1.35. The van der Waals surface area contributed by atoms with Crippen LogP contribution in [0.15, 0.2) is 34.6 Å². The Hall–Kier alpha value is -2.81. The molecule has 0 saturated heterocycles. The number of rotatable bonds is 3. The van der Waals surface area contributed by atoms with Crippen molar-refractivity contribution >= 4 is 28.7 Å². The van der Waals surface area contributed by atoms with Crippen molar-refractivity contribution < 1.29 is 10.4 Å². The van der Waals surface area contributed by atoms with Gasteiger partial charge in [0.1, 0.15) is 11.2 Å². The molecule has 3 rings (SSSR count). The van der Waals surface area contributed by atoms with Gasteiger partial charge in [0, 0.05) is 5.56 Å². The minimum Gasteiger partial charge on any atom is -0.411 e. The highest BCUT2D eigenvalue weighted by atomic mass is 32.1. The minimum atomic E-state index is 0.345. The minimum absolute atomic E-state index is 0.345. The molecule has 9 heteroatoms. The van der Waals surface area contributed by atoms with Crippen LogP contribution in [-0.4, -0.2) is 42.7 Å². The van der Waals surface area contributed by atoms with Crippen molar-refractivity contribution in [3.8, 4) is 10.6 Å². The quantitative estimate of drug-likeness (QED) is 0.431. The molecule has 0 bridgehead atoms. The van der Waals surface area contributed by atoms with E-state index in [0.29, 0.717) is 10.8 Å². The van der Waals surface area contributed by atoms with E-state index in [-0.39, 0.29) is 0 Å². The average Bonchev–Trinajstić information content (AvgIpc) is 3.02. The van der Waals surface area contributed by atoms with E-state index in [2.05, 4.69) is 25.6 Å². The Morgan fingerprint density at radius 2 is 2.00 bits per heavy atom. The Kier molecular flexibility index (Phi) is 3.09. The maximum absolute atomic E-state index is 8.55. The number of hydrogen-bond donors (Lipinski definition) is 2. The number of nitrogens with zero attached hydrogens (tertiary/aromatic N) is 6. The molecule has 0 aliphatic heterocycles. The molecule has 8 nitrogen and oxygen atoms in total. The molecule has 0 aliphatic rings. The van der Waals surface area contributed by atoms with Crippen molar-refractivity contribution in [2.75, 3.05) is 0 Å². The van der Waals surface area contributed by atoms with Crippen LogP contribution in [0.1, 0.15) is 11.4 Å². The molecule has 100 valence electrons. The second kappa shape index (κ2) is 5.05. The first-order chi connectivity index (χ1) is 9.81. The molecule has 0 radical (unpaired) electrons. The van der Waals surface area contributed by atoms with Gasteiger partial charge in [0.2, 0.25) is 10.8 Å². The number of hydrogen-bond acceptors (Lipinski definition) is 8. The number of aromatic nitrogens is 4. The van der Waals surface area contributed by atoms with Gasteiger partial charge in [0.25, 0.3) is 0 Å². The Balaban J connectivity index is 2.08. The average molecular weight is 288 g/mol. The molecule has 0 atom stereocenters. The van der Waals surface area contributed by atoms with Crippen molar-refractivity contribution in [2.24, 2.45) is 10.3 Å². The van der Waals surface area contributed by atoms with Gasteiger partial charge < -0.3 is 10.4 Å². The molecule has 0 saturated carbocycles. The number of benzene rings is 1. The summed E-state index contributed by atoms with van der Waals surface area (Å²) in [6, 6.07) is 7.38. The highest BCUT2D eigenvalue weighted by Gasteiger charge is 2.11. The third kappa shape index (κ3) is 2.10. The van der Waals surface area contributed by atoms with Crippen LogP contribution in [0.2, 0.25) is 0 Å². The summed E-state index contributed by atoms with van der Waals surface area (Å²) in [4.78, 5) is 0.594. The predicted octanol–water partition coefficient (Wildman–Crippen LogP) is 1.47. The van der Waals surface area contributed by atoms with Crippen molar-refractivity contribution in [1.29, 1.82) is 0 Å². The van der Waals surface area contributed by atoms with Gasteiger partial charge >= 0.3 is 0 Å². The zero-order valence-corrected chi connectivity index (χ0v) is 10.8. The molecule has 0 aliphatic carbocycles. The molecule has 20 heavy (non-hydrogen) atoms. The SMILES string of the molecule is O/N=C\c1cccc(-c2nn3c(/C=N\O)nnc3s2)c1. The molecule has 1 aromatic carbocycles. The third-order valence-electron chi connectivity index (χ3n) is 2.53. The molecule has 3 aromatic rings. The first-order valence-electron chi connectivity index (χ1n) is 5.49. The van der Waals surface area contributed by atoms with Crippen LogP contribution < -0.4 is 0 Å². The van der Waals surface area contributed by atoms with E-state index in [0.717, 1.165) is 16.1 Å². The molecular formula is C11H8N6O2S. The predicted molar refractivity (Wildman–Crippen MR) is 72.9 cm³/mol. The van der Waals surface area contributed by atoms with Gasteiger partial charge in [-0.15, -0.1) is 10.2 Å². The molecule has 0 amide bonds. The highest BCUT2D eigenvalue weighted by molar-refractivity contribution is 7.19. The van der Waals surface area contributed by atoms with E-state index >= 15 is 0 Å². The maximum atomic E-state index is 8.55. The van der Waals surface area contributed by atoms with Gasteiger partial charge in [0.15, 0.2) is 0 Å². The first-order valence-corrected chi connectivity index (χ1v) is 6.31. The Morgan fingerprint density at radius 1 is 1.15 bits per heavy atom. The van der Waals surface area contributed by atoms with Crippen molar-refractivity contribution in [1.82, 2.24) is 19.8 Å². The second-order valence-electron chi connectivity index (χ2n) is 3.77. The van der Waals surface area contributed by atoms with Crippen LogP contribution in [-0.2, 0) is 0 Å². The fourth-order valence-corrected chi connectivity index (χ4v) is 2.54. The van der Waals surface area contributed by atoms with Gasteiger partial charge in [0.05, 0.1) is 6.21 Å². The summed E-state index contributed by atoms with van der Waals surface area (Å²) in [5, 5.41) is 35.9. The monoisotopic (exact) mass is 288 g/mol. The largest absolute Gasteiger partial charge is 0.411 e. The zero-order chi connectivity index (χ0) is 13.9. The van der Waals surface area contributed by atoms with Gasteiger partial charge in [-0.1, -0.05) is 39.8 Å². The fraction of sp³-hybridized carbons (Fsp3) is 0. The molecule has 2 heterocycles. The first kappa shape index (κ1) is 12.2. The third-order valence-corrected chi connectivity index (χ3v) is 3.48. The van der Waals surface area contributed by atoms with Gasteiger partial charge in [-0.2, -0.15) is 9.61 Å². The molecule has 2 aromatic heterocycles. The normalized spacial score (nSPS) is 12.0.